The number of imidazole rings is 1. The molecular formula is C17H15N3O3. The number of benzene rings is 2. The third-order valence-electron chi connectivity index (χ3n) is 3.52. The monoisotopic (exact) mass is 309 g/mol. The van der Waals surface area contributed by atoms with Crippen LogP contribution in [0.3, 0.4) is 0 Å². The minimum atomic E-state index is -0.959. The molecule has 0 radical (unpaired) electrons. The van der Waals surface area contributed by atoms with Crippen molar-refractivity contribution >= 4 is 22.9 Å². The van der Waals surface area contributed by atoms with Crippen LogP contribution in [0.4, 0.5) is 0 Å². The van der Waals surface area contributed by atoms with Gasteiger partial charge in [0.15, 0.2) is 6.10 Å². The van der Waals surface area contributed by atoms with Crippen molar-refractivity contribution in [1.29, 1.82) is 0 Å². The van der Waals surface area contributed by atoms with Gasteiger partial charge in [-0.25, -0.2) is 9.78 Å². The van der Waals surface area contributed by atoms with Crippen molar-refractivity contribution in [2.24, 2.45) is 5.73 Å². The lowest BCUT2D eigenvalue weighted by Gasteiger charge is -2.10. The molecule has 6 nitrogen and oxygen atoms in total. The van der Waals surface area contributed by atoms with Gasteiger partial charge in [0.05, 0.1) is 16.6 Å². The topological polar surface area (TPSA) is 87.2 Å². The van der Waals surface area contributed by atoms with Gasteiger partial charge in [-0.1, -0.05) is 12.1 Å². The van der Waals surface area contributed by atoms with Crippen molar-refractivity contribution in [3.8, 4) is 5.69 Å². The highest BCUT2D eigenvalue weighted by molar-refractivity contribution is 5.92. The highest BCUT2D eigenvalue weighted by atomic mass is 16.5. The standard InChI is InChI=1S/C17H15N3O3/c1-11(16(18)21)23-17(22)12-6-8-13(9-7-12)20-10-19-14-4-2-3-5-15(14)20/h2-11H,1H3,(H2,18,21). The second-order valence-corrected chi connectivity index (χ2v) is 5.10. The SMILES string of the molecule is CC(OC(=O)c1ccc(-n2cnc3ccccc32)cc1)C(N)=O. The minimum Gasteiger partial charge on any atom is -0.449 e. The van der Waals surface area contributed by atoms with E-state index in [0.29, 0.717) is 5.56 Å². The van der Waals surface area contributed by atoms with Crippen LogP contribution in [-0.4, -0.2) is 27.5 Å². The first-order chi connectivity index (χ1) is 11.1. The molecule has 3 aromatic rings. The van der Waals surface area contributed by atoms with Crippen LogP contribution in [0.1, 0.15) is 17.3 Å². The van der Waals surface area contributed by atoms with E-state index in [1.807, 2.05) is 28.8 Å². The number of carbonyl (C=O) groups excluding carboxylic acids is 2. The number of carbonyl (C=O) groups is 2. The van der Waals surface area contributed by atoms with Gasteiger partial charge < -0.3 is 10.5 Å². The van der Waals surface area contributed by atoms with Gasteiger partial charge in [0.25, 0.3) is 5.91 Å². The first-order valence-electron chi connectivity index (χ1n) is 7.09. The van der Waals surface area contributed by atoms with E-state index in [4.69, 9.17) is 10.5 Å². The van der Waals surface area contributed by atoms with E-state index in [-0.39, 0.29) is 0 Å². The third kappa shape index (κ3) is 2.91. The molecule has 1 unspecified atom stereocenters. The fraction of sp³-hybridized carbons (Fsp3) is 0.118. The van der Waals surface area contributed by atoms with Crippen molar-refractivity contribution in [1.82, 2.24) is 9.55 Å². The van der Waals surface area contributed by atoms with E-state index in [1.165, 1.54) is 6.92 Å². The van der Waals surface area contributed by atoms with Crippen molar-refractivity contribution in [3.05, 3.63) is 60.4 Å². The molecule has 116 valence electrons. The zero-order valence-corrected chi connectivity index (χ0v) is 12.5. The number of hydrogen-bond donors (Lipinski definition) is 1. The van der Waals surface area contributed by atoms with Crippen LogP contribution in [0.15, 0.2) is 54.9 Å². The number of aromatic nitrogens is 2. The number of nitrogens with zero attached hydrogens (tertiary/aromatic N) is 2. The van der Waals surface area contributed by atoms with Crippen LogP contribution >= 0.6 is 0 Å². The average Bonchev–Trinajstić information content (AvgIpc) is 2.99. The molecule has 3 rings (SSSR count). The molecule has 1 amide bonds. The number of fused-ring (bicyclic) bond motifs is 1. The maximum atomic E-state index is 11.9. The zero-order valence-electron chi connectivity index (χ0n) is 12.5. The molecule has 0 bridgehead atoms. The fourth-order valence-electron chi connectivity index (χ4n) is 2.21. The summed E-state index contributed by atoms with van der Waals surface area (Å²) in [5.41, 5.74) is 8.18. The average molecular weight is 309 g/mol. The van der Waals surface area contributed by atoms with Gasteiger partial charge in [0.2, 0.25) is 0 Å². The molecule has 0 aliphatic rings. The number of hydrogen-bond acceptors (Lipinski definition) is 4. The van der Waals surface area contributed by atoms with Crippen LogP contribution < -0.4 is 5.73 Å². The van der Waals surface area contributed by atoms with Crippen LogP contribution in [0.2, 0.25) is 0 Å². The molecule has 0 spiro atoms. The molecule has 23 heavy (non-hydrogen) atoms. The molecule has 0 aliphatic carbocycles. The van der Waals surface area contributed by atoms with Gasteiger partial charge in [-0.05, 0) is 43.3 Å². The Labute approximate surface area is 132 Å². The van der Waals surface area contributed by atoms with Gasteiger partial charge in [0.1, 0.15) is 6.33 Å². The number of rotatable bonds is 4. The Morgan fingerprint density at radius 2 is 1.83 bits per heavy atom. The Morgan fingerprint density at radius 1 is 1.13 bits per heavy atom. The molecule has 2 aromatic carbocycles. The van der Waals surface area contributed by atoms with Crippen molar-refractivity contribution in [2.45, 2.75) is 13.0 Å². The minimum absolute atomic E-state index is 0.353. The van der Waals surface area contributed by atoms with Crippen molar-refractivity contribution < 1.29 is 14.3 Å². The Balaban J connectivity index is 1.85. The summed E-state index contributed by atoms with van der Waals surface area (Å²) in [6.45, 7) is 1.44. The molecular weight excluding hydrogens is 294 g/mol. The number of primary amides is 1. The number of esters is 1. The van der Waals surface area contributed by atoms with Gasteiger partial charge in [0, 0.05) is 5.69 Å². The lowest BCUT2D eigenvalue weighted by Crippen LogP contribution is -2.30. The summed E-state index contributed by atoms with van der Waals surface area (Å²) in [6.07, 6.45) is 0.771. The van der Waals surface area contributed by atoms with Crippen molar-refractivity contribution in [2.75, 3.05) is 0 Å². The van der Waals surface area contributed by atoms with Crippen LogP contribution in [0, 0.1) is 0 Å². The van der Waals surface area contributed by atoms with E-state index in [9.17, 15) is 9.59 Å². The van der Waals surface area contributed by atoms with Gasteiger partial charge >= 0.3 is 5.97 Å². The van der Waals surface area contributed by atoms with E-state index < -0.39 is 18.0 Å². The first kappa shape index (κ1) is 14.8. The predicted molar refractivity (Wildman–Crippen MR) is 85.1 cm³/mol. The van der Waals surface area contributed by atoms with Gasteiger partial charge in [-0.2, -0.15) is 0 Å². The Hall–Kier alpha value is -3.15. The normalized spacial score (nSPS) is 12.0. The van der Waals surface area contributed by atoms with Crippen LogP contribution in [0.5, 0.6) is 0 Å². The first-order valence-corrected chi connectivity index (χ1v) is 7.09. The summed E-state index contributed by atoms with van der Waals surface area (Å²) in [6, 6.07) is 14.6. The molecule has 1 heterocycles. The summed E-state index contributed by atoms with van der Waals surface area (Å²) >= 11 is 0. The van der Waals surface area contributed by atoms with Gasteiger partial charge in [-0.3, -0.25) is 9.36 Å². The summed E-state index contributed by atoms with van der Waals surface area (Å²) < 4.78 is 6.89. The zero-order chi connectivity index (χ0) is 16.4. The Morgan fingerprint density at radius 3 is 2.52 bits per heavy atom. The van der Waals surface area contributed by atoms with Crippen LogP contribution in [0.25, 0.3) is 16.7 Å². The van der Waals surface area contributed by atoms with E-state index in [1.54, 1.807) is 30.6 Å². The van der Waals surface area contributed by atoms with E-state index in [0.717, 1.165) is 16.7 Å². The maximum absolute atomic E-state index is 11.9. The highest BCUT2D eigenvalue weighted by Gasteiger charge is 2.16. The number of nitrogens with two attached hydrogens (primary N) is 1. The Bertz CT molecular complexity index is 868. The van der Waals surface area contributed by atoms with E-state index in [2.05, 4.69) is 4.98 Å². The Kier molecular flexibility index (Phi) is 3.80. The maximum Gasteiger partial charge on any atom is 0.338 e. The molecule has 2 N–H and O–H groups in total. The number of amides is 1. The molecule has 0 saturated carbocycles. The second kappa shape index (κ2) is 5.92. The number of para-hydroxylation sites is 2. The molecule has 6 heteroatoms. The third-order valence-corrected chi connectivity index (χ3v) is 3.52. The lowest BCUT2D eigenvalue weighted by molar-refractivity contribution is -0.125. The fourth-order valence-corrected chi connectivity index (χ4v) is 2.21. The van der Waals surface area contributed by atoms with E-state index >= 15 is 0 Å². The number of ether oxygens (including phenoxy) is 1. The van der Waals surface area contributed by atoms with Gasteiger partial charge in [-0.15, -0.1) is 0 Å². The molecule has 0 aliphatic heterocycles. The molecule has 0 saturated heterocycles. The summed E-state index contributed by atoms with van der Waals surface area (Å²) in [5, 5.41) is 0. The summed E-state index contributed by atoms with van der Waals surface area (Å²) in [4.78, 5) is 27.2. The molecule has 0 fully saturated rings. The highest BCUT2D eigenvalue weighted by Crippen LogP contribution is 2.18. The smallest absolute Gasteiger partial charge is 0.338 e. The summed E-state index contributed by atoms with van der Waals surface area (Å²) in [5.74, 6) is -1.27. The molecule has 1 atom stereocenters. The summed E-state index contributed by atoms with van der Waals surface area (Å²) in [7, 11) is 0. The molecule has 1 aromatic heterocycles. The predicted octanol–water partition coefficient (Wildman–Crippen LogP) is 2.06. The second-order valence-electron chi connectivity index (χ2n) is 5.10. The van der Waals surface area contributed by atoms with Crippen molar-refractivity contribution in [3.63, 3.8) is 0 Å². The van der Waals surface area contributed by atoms with Crippen LogP contribution in [-0.2, 0) is 9.53 Å². The largest absolute Gasteiger partial charge is 0.449 e. The quantitative estimate of drug-likeness (QED) is 0.747. The lowest BCUT2D eigenvalue weighted by atomic mass is 10.2.